The molecule has 6 heteroatoms. The Bertz CT molecular complexity index is 613. The number of hydrogen-bond acceptors (Lipinski definition) is 4. The van der Waals surface area contributed by atoms with Crippen molar-refractivity contribution in [2.24, 2.45) is 0 Å². The standard InChI is InChI=1S/C15H19N3O2S/c1-12-16-6-9-18(12)15(14(19)20)4-7-17(8-5-15)11-13-3-2-10-21-13/h2-3,6,9-10H,4-5,7-8,11H2,1H3,(H,19,20). The lowest BCUT2D eigenvalue weighted by Gasteiger charge is -2.40. The maximum Gasteiger partial charge on any atom is 0.330 e. The van der Waals surface area contributed by atoms with Gasteiger partial charge in [-0.3, -0.25) is 4.90 Å². The number of carboxylic acid groups (broad SMARTS) is 1. The summed E-state index contributed by atoms with van der Waals surface area (Å²) >= 11 is 1.75. The number of aryl methyl sites for hydroxylation is 1. The molecule has 0 aliphatic carbocycles. The van der Waals surface area contributed by atoms with E-state index in [0.29, 0.717) is 12.8 Å². The van der Waals surface area contributed by atoms with Crippen LogP contribution >= 0.6 is 11.3 Å². The van der Waals surface area contributed by atoms with Gasteiger partial charge in [-0.15, -0.1) is 11.3 Å². The number of rotatable bonds is 4. The van der Waals surface area contributed by atoms with Crippen molar-refractivity contribution in [1.29, 1.82) is 0 Å². The number of thiophene rings is 1. The zero-order chi connectivity index (χ0) is 14.9. The van der Waals surface area contributed by atoms with Crippen molar-refractivity contribution >= 4 is 17.3 Å². The van der Waals surface area contributed by atoms with Gasteiger partial charge >= 0.3 is 5.97 Å². The van der Waals surface area contributed by atoms with E-state index in [4.69, 9.17) is 0 Å². The predicted octanol–water partition coefficient (Wildman–Crippen LogP) is 2.33. The van der Waals surface area contributed by atoms with Gasteiger partial charge in [0.1, 0.15) is 11.4 Å². The highest BCUT2D eigenvalue weighted by Gasteiger charge is 2.43. The fraction of sp³-hybridized carbons (Fsp3) is 0.467. The van der Waals surface area contributed by atoms with E-state index in [9.17, 15) is 9.90 Å². The molecule has 1 saturated heterocycles. The van der Waals surface area contributed by atoms with Gasteiger partial charge in [0.15, 0.2) is 0 Å². The molecule has 0 amide bonds. The first-order chi connectivity index (χ1) is 10.1. The fourth-order valence-electron chi connectivity index (χ4n) is 3.09. The van der Waals surface area contributed by atoms with Crippen LogP contribution in [-0.4, -0.2) is 38.6 Å². The van der Waals surface area contributed by atoms with Crippen molar-refractivity contribution in [1.82, 2.24) is 14.5 Å². The molecule has 0 saturated carbocycles. The molecule has 0 spiro atoms. The monoisotopic (exact) mass is 305 g/mol. The topological polar surface area (TPSA) is 58.4 Å². The largest absolute Gasteiger partial charge is 0.479 e. The SMILES string of the molecule is Cc1nccn1C1(C(=O)O)CCN(Cc2cccs2)CC1. The molecule has 1 fully saturated rings. The third-order valence-corrected chi connectivity index (χ3v) is 5.19. The van der Waals surface area contributed by atoms with Crippen LogP contribution in [0.3, 0.4) is 0 Å². The van der Waals surface area contributed by atoms with Crippen LogP contribution in [0.25, 0.3) is 0 Å². The van der Waals surface area contributed by atoms with E-state index >= 15 is 0 Å². The Morgan fingerprint density at radius 1 is 1.48 bits per heavy atom. The van der Waals surface area contributed by atoms with E-state index in [1.165, 1.54) is 4.88 Å². The number of piperidine rings is 1. The van der Waals surface area contributed by atoms with Crippen LogP contribution in [0, 0.1) is 6.92 Å². The summed E-state index contributed by atoms with van der Waals surface area (Å²) in [5, 5.41) is 11.8. The molecule has 3 rings (SSSR count). The third-order valence-electron chi connectivity index (χ3n) is 4.33. The minimum absolute atomic E-state index is 0.616. The Labute approximate surface area is 127 Å². The van der Waals surface area contributed by atoms with Gasteiger partial charge in [-0.2, -0.15) is 0 Å². The Kier molecular flexibility index (Phi) is 3.82. The van der Waals surface area contributed by atoms with Crippen LogP contribution in [0.5, 0.6) is 0 Å². The Hall–Kier alpha value is -1.66. The van der Waals surface area contributed by atoms with Gasteiger partial charge in [-0.1, -0.05) is 6.07 Å². The van der Waals surface area contributed by atoms with Crippen molar-refractivity contribution in [3.8, 4) is 0 Å². The predicted molar refractivity (Wildman–Crippen MR) is 81.4 cm³/mol. The number of hydrogen-bond donors (Lipinski definition) is 1. The first-order valence-corrected chi connectivity index (χ1v) is 7.98. The molecule has 0 atom stereocenters. The third kappa shape index (κ3) is 2.61. The van der Waals surface area contributed by atoms with Crippen molar-refractivity contribution < 1.29 is 9.90 Å². The van der Waals surface area contributed by atoms with Crippen LogP contribution < -0.4 is 0 Å². The number of likely N-dealkylation sites (tertiary alicyclic amines) is 1. The summed E-state index contributed by atoms with van der Waals surface area (Å²) in [6.07, 6.45) is 4.70. The van der Waals surface area contributed by atoms with Gasteiger partial charge in [0, 0.05) is 36.9 Å². The summed E-state index contributed by atoms with van der Waals surface area (Å²) in [6, 6.07) is 4.18. The van der Waals surface area contributed by atoms with E-state index in [0.717, 1.165) is 25.5 Å². The van der Waals surface area contributed by atoms with E-state index in [2.05, 4.69) is 27.4 Å². The average Bonchev–Trinajstić information content (AvgIpc) is 3.11. The van der Waals surface area contributed by atoms with E-state index in [1.54, 1.807) is 23.7 Å². The molecule has 0 radical (unpaired) electrons. The lowest BCUT2D eigenvalue weighted by atomic mass is 9.87. The molecule has 0 unspecified atom stereocenters. The number of aliphatic carboxylic acids is 1. The Morgan fingerprint density at radius 2 is 2.24 bits per heavy atom. The lowest BCUT2D eigenvalue weighted by Crippen LogP contribution is -2.51. The number of imidazole rings is 1. The zero-order valence-electron chi connectivity index (χ0n) is 12.0. The van der Waals surface area contributed by atoms with Gasteiger partial charge in [0.05, 0.1) is 0 Å². The molecule has 0 bridgehead atoms. The molecular formula is C15H19N3O2S. The van der Waals surface area contributed by atoms with Crippen molar-refractivity contribution in [3.05, 3.63) is 40.6 Å². The van der Waals surface area contributed by atoms with Crippen molar-refractivity contribution in [2.75, 3.05) is 13.1 Å². The molecule has 2 aromatic rings. The minimum atomic E-state index is -0.841. The van der Waals surface area contributed by atoms with Crippen LogP contribution in [-0.2, 0) is 16.9 Å². The molecule has 21 heavy (non-hydrogen) atoms. The van der Waals surface area contributed by atoms with Crippen molar-refractivity contribution in [2.45, 2.75) is 31.8 Å². The number of nitrogens with zero attached hydrogens (tertiary/aromatic N) is 3. The Morgan fingerprint density at radius 3 is 2.76 bits per heavy atom. The number of carboxylic acids is 1. The highest BCUT2D eigenvalue weighted by molar-refractivity contribution is 7.09. The van der Waals surface area contributed by atoms with Crippen LogP contribution in [0.2, 0.25) is 0 Å². The van der Waals surface area contributed by atoms with Gasteiger partial charge in [-0.25, -0.2) is 9.78 Å². The summed E-state index contributed by atoms with van der Waals surface area (Å²) < 4.78 is 1.83. The van der Waals surface area contributed by atoms with Gasteiger partial charge in [-0.05, 0) is 31.2 Å². The van der Waals surface area contributed by atoms with Gasteiger partial charge < -0.3 is 9.67 Å². The molecule has 1 aliphatic heterocycles. The summed E-state index contributed by atoms with van der Waals surface area (Å²) in [7, 11) is 0. The molecule has 1 aliphatic rings. The van der Waals surface area contributed by atoms with E-state index < -0.39 is 11.5 Å². The van der Waals surface area contributed by atoms with Gasteiger partial charge in [0.2, 0.25) is 0 Å². The molecule has 1 N–H and O–H groups in total. The van der Waals surface area contributed by atoms with Crippen LogP contribution in [0.4, 0.5) is 0 Å². The second-order valence-electron chi connectivity index (χ2n) is 5.54. The summed E-state index contributed by atoms with van der Waals surface area (Å²) in [5.41, 5.74) is -0.841. The second-order valence-corrected chi connectivity index (χ2v) is 6.57. The summed E-state index contributed by atoms with van der Waals surface area (Å²) in [5.74, 6) is 0.0171. The number of aromatic nitrogens is 2. The normalized spacial score (nSPS) is 18.7. The number of carbonyl (C=O) groups is 1. The first-order valence-electron chi connectivity index (χ1n) is 7.10. The average molecular weight is 305 g/mol. The molecule has 112 valence electrons. The molecule has 3 heterocycles. The quantitative estimate of drug-likeness (QED) is 0.942. The summed E-state index contributed by atoms with van der Waals surface area (Å²) in [6.45, 7) is 4.36. The van der Waals surface area contributed by atoms with Gasteiger partial charge in [0.25, 0.3) is 0 Å². The van der Waals surface area contributed by atoms with Crippen LogP contribution in [0.15, 0.2) is 29.9 Å². The van der Waals surface area contributed by atoms with E-state index in [-0.39, 0.29) is 0 Å². The molecule has 2 aromatic heterocycles. The smallest absolute Gasteiger partial charge is 0.330 e. The lowest BCUT2D eigenvalue weighted by molar-refractivity contribution is -0.150. The van der Waals surface area contributed by atoms with Crippen molar-refractivity contribution in [3.63, 3.8) is 0 Å². The summed E-state index contributed by atoms with van der Waals surface area (Å²) in [4.78, 5) is 19.7. The second kappa shape index (κ2) is 5.61. The minimum Gasteiger partial charge on any atom is -0.479 e. The fourth-order valence-corrected chi connectivity index (χ4v) is 3.84. The molecular weight excluding hydrogens is 286 g/mol. The maximum atomic E-state index is 11.9. The van der Waals surface area contributed by atoms with E-state index in [1.807, 2.05) is 11.5 Å². The molecule has 5 nitrogen and oxygen atoms in total. The highest BCUT2D eigenvalue weighted by atomic mass is 32.1. The zero-order valence-corrected chi connectivity index (χ0v) is 12.8. The van der Waals surface area contributed by atoms with Crippen LogP contribution in [0.1, 0.15) is 23.5 Å². The highest BCUT2D eigenvalue weighted by Crippen LogP contribution is 2.32. The maximum absolute atomic E-state index is 11.9. The first kappa shape index (κ1) is 14.3. The molecule has 0 aromatic carbocycles. The Balaban J connectivity index is 1.75.